The van der Waals surface area contributed by atoms with Crippen LogP contribution in [0.3, 0.4) is 0 Å². The van der Waals surface area contributed by atoms with Gasteiger partial charge in [-0.25, -0.2) is 4.98 Å². The number of hydrogen-bond acceptors (Lipinski definition) is 5. The first-order chi connectivity index (χ1) is 14.1. The zero-order chi connectivity index (χ0) is 20.6. The van der Waals surface area contributed by atoms with Crippen LogP contribution in [0, 0.1) is 6.92 Å². The van der Waals surface area contributed by atoms with Crippen molar-refractivity contribution in [3.63, 3.8) is 0 Å². The highest BCUT2D eigenvalue weighted by atomic mass is 16.5. The second-order valence-electron chi connectivity index (χ2n) is 7.25. The molecule has 2 heterocycles. The van der Waals surface area contributed by atoms with Gasteiger partial charge in [-0.3, -0.25) is 4.99 Å². The van der Waals surface area contributed by atoms with E-state index in [4.69, 9.17) is 9.47 Å². The van der Waals surface area contributed by atoms with Crippen LogP contribution >= 0.6 is 0 Å². The largest absolute Gasteiger partial charge is 0.496 e. The van der Waals surface area contributed by atoms with Crippen LogP contribution in [0.5, 0.6) is 5.75 Å². The van der Waals surface area contributed by atoms with Crippen molar-refractivity contribution in [1.29, 1.82) is 0 Å². The third-order valence-corrected chi connectivity index (χ3v) is 4.95. The number of hydrogen-bond donors (Lipinski definition) is 2. The Hall–Kier alpha value is -2.80. The molecular formula is C22H31N5O2. The zero-order valence-electron chi connectivity index (χ0n) is 17.7. The molecule has 0 bridgehead atoms. The molecule has 1 aliphatic rings. The number of ether oxygens (including phenoxy) is 2. The average Bonchev–Trinajstić information content (AvgIpc) is 2.75. The van der Waals surface area contributed by atoms with Crippen molar-refractivity contribution in [3.05, 3.63) is 53.2 Å². The summed E-state index contributed by atoms with van der Waals surface area (Å²) in [6.07, 6.45) is 2.16. The topological polar surface area (TPSA) is 71.0 Å². The third kappa shape index (κ3) is 5.84. The molecule has 7 nitrogen and oxygen atoms in total. The highest BCUT2D eigenvalue weighted by Gasteiger charge is 2.17. The lowest BCUT2D eigenvalue weighted by atomic mass is 10.1. The molecule has 1 aliphatic heterocycles. The SMILES string of the molecule is CN=C(NCc1ccc(N2CCOC(C)C2)nc1)NCc1ccc(C)cc1OC. The summed E-state index contributed by atoms with van der Waals surface area (Å²) in [6.45, 7) is 7.94. The molecule has 1 aromatic heterocycles. The van der Waals surface area contributed by atoms with Crippen molar-refractivity contribution in [3.8, 4) is 5.75 Å². The fraction of sp³-hybridized carbons (Fsp3) is 0.455. The van der Waals surface area contributed by atoms with E-state index in [0.717, 1.165) is 48.4 Å². The van der Waals surface area contributed by atoms with Gasteiger partial charge in [0.2, 0.25) is 0 Å². The first-order valence-electron chi connectivity index (χ1n) is 9.98. The maximum Gasteiger partial charge on any atom is 0.191 e. The number of morpholine rings is 1. The van der Waals surface area contributed by atoms with Crippen LogP contribution in [0.4, 0.5) is 5.82 Å². The number of aliphatic imine (C=N–C) groups is 1. The summed E-state index contributed by atoms with van der Waals surface area (Å²) in [6, 6.07) is 10.4. The van der Waals surface area contributed by atoms with E-state index >= 15 is 0 Å². The monoisotopic (exact) mass is 397 g/mol. The molecule has 0 spiro atoms. The fourth-order valence-electron chi connectivity index (χ4n) is 3.32. The Balaban J connectivity index is 1.52. The smallest absolute Gasteiger partial charge is 0.191 e. The predicted molar refractivity (Wildman–Crippen MR) is 117 cm³/mol. The molecule has 0 aliphatic carbocycles. The Morgan fingerprint density at radius 3 is 2.79 bits per heavy atom. The Kier molecular flexibility index (Phi) is 7.30. The Labute approximate surface area is 173 Å². The molecule has 1 unspecified atom stereocenters. The van der Waals surface area contributed by atoms with Gasteiger partial charge in [0.25, 0.3) is 0 Å². The van der Waals surface area contributed by atoms with Crippen LogP contribution < -0.4 is 20.3 Å². The number of aromatic nitrogens is 1. The number of guanidine groups is 1. The Morgan fingerprint density at radius 1 is 1.28 bits per heavy atom. The van der Waals surface area contributed by atoms with Gasteiger partial charge < -0.3 is 25.0 Å². The molecule has 1 fully saturated rings. The van der Waals surface area contributed by atoms with Crippen LogP contribution in [0.25, 0.3) is 0 Å². The lowest BCUT2D eigenvalue weighted by Crippen LogP contribution is -2.41. The summed E-state index contributed by atoms with van der Waals surface area (Å²) in [5.74, 6) is 2.61. The lowest BCUT2D eigenvalue weighted by Gasteiger charge is -2.32. The van der Waals surface area contributed by atoms with Gasteiger partial charge in [-0.15, -0.1) is 0 Å². The maximum atomic E-state index is 5.60. The molecule has 3 rings (SSSR count). The number of nitrogens with zero attached hydrogens (tertiary/aromatic N) is 3. The highest BCUT2D eigenvalue weighted by molar-refractivity contribution is 5.79. The summed E-state index contributed by atoms with van der Waals surface area (Å²) in [4.78, 5) is 11.2. The van der Waals surface area contributed by atoms with Gasteiger partial charge in [0.1, 0.15) is 11.6 Å². The standard InChI is InChI=1S/C22H31N5O2/c1-16-5-7-19(20(11-16)28-4)14-26-22(23-3)25-13-18-6-8-21(24-12-18)27-9-10-29-17(2)15-27/h5-8,11-12,17H,9-10,13-15H2,1-4H3,(H2,23,25,26). The molecule has 0 saturated carbocycles. The molecule has 29 heavy (non-hydrogen) atoms. The Morgan fingerprint density at radius 2 is 2.10 bits per heavy atom. The summed E-state index contributed by atoms with van der Waals surface area (Å²) >= 11 is 0. The predicted octanol–water partition coefficient (Wildman–Crippen LogP) is 2.49. The van der Waals surface area contributed by atoms with Gasteiger partial charge in [-0.2, -0.15) is 0 Å². The number of nitrogens with one attached hydrogen (secondary N) is 2. The molecule has 0 amide bonds. The van der Waals surface area contributed by atoms with Crippen molar-refractivity contribution >= 4 is 11.8 Å². The zero-order valence-corrected chi connectivity index (χ0v) is 17.7. The second kappa shape index (κ2) is 10.1. The van der Waals surface area contributed by atoms with Gasteiger partial charge in [-0.1, -0.05) is 18.2 Å². The summed E-state index contributed by atoms with van der Waals surface area (Å²) in [7, 11) is 3.46. The molecule has 0 radical (unpaired) electrons. The lowest BCUT2D eigenvalue weighted by molar-refractivity contribution is 0.0529. The minimum absolute atomic E-state index is 0.244. The van der Waals surface area contributed by atoms with Gasteiger partial charge in [0.05, 0.1) is 19.8 Å². The number of pyridine rings is 1. The average molecular weight is 398 g/mol. The Bertz CT molecular complexity index is 822. The van der Waals surface area contributed by atoms with Gasteiger partial charge >= 0.3 is 0 Å². The minimum atomic E-state index is 0.244. The number of methoxy groups -OCH3 is 1. The quantitative estimate of drug-likeness (QED) is 0.577. The normalized spacial score (nSPS) is 17.2. The van der Waals surface area contributed by atoms with Crippen molar-refractivity contribution in [1.82, 2.24) is 15.6 Å². The van der Waals surface area contributed by atoms with Crippen LogP contribution in [0.2, 0.25) is 0 Å². The first kappa shape index (κ1) is 20.9. The molecule has 156 valence electrons. The van der Waals surface area contributed by atoms with E-state index in [1.165, 1.54) is 5.56 Å². The van der Waals surface area contributed by atoms with Crippen LogP contribution in [0.1, 0.15) is 23.6 Å². The highest BCUT2D eigenvalue weighted by Crippen LogP contribution is 2.19. The van der Waals surface area contributed by atoms with Crippen molar-refractivity contribution < 1.29 is 9.47 Å². The molecular weight excluding hydrogens is 366 g/mol. The van der Waals surface area contributed by atoms with E-state index in [-0.39, 0.29) is 6.10 Å². The van der Waals surface area contributed by atoms with E-state index in [1.807, 2.05) is 12.3 Å². The first-order valence-corrected chi connectivity index (χ1v) is 9.98. The molecule has 7 heteroatoms. The van der Waals surface area contributed by atoms with Crippen LogP contribution in [-0.4, -0.2) is 50.9 Å². The third-order valence-electron chi connectivity index (χ3n) is 4.95. The molecule has 2 aromatic rings. The molecule has 1 saturated heterocycles. The number of benzene rings is 1. The second-order valence-corrected chi connectivity index (χ2v) is 7.25. The minimum Gasteiger partial charge on any atom is -0.496 e. The number of anilines is 1. The van der Waals surface area contributed by atoms with E-state index in [1.54, 1.807) is 14.2 Å². The van der Waals surface area contributed by atoms with Crippen molar-refractivity contribution in [2.45, 2.75) is 33.0 Å². The fourth-order valence-corrected chi connectivity index (χ4v) is 3.32. The van der Waals surface area contributed by atoms with Gasteiger partial charge in [-0.05, 0) is 37.1 Å². The molecule has 1 aromatic carbocycles. The molecule has 2 N–H and O–H groups in total. The van der Waals surface area contributed by atoms with E-state index in [9.17, 15) is 0 Å². The van der Waals surface area contributed by atoms with E-state index < -0.39 is 0 Å². The summed E-state index contributed by atoms with van der Waals surface area (Å²) in [5, 5.41) is 6.67. The van der Waals surface area contributed by atoms with E-state index in [2.05, 4.69) is 63.6 Å². The van der Waals surface area contributed by atoms with Crippen molar-refractivity contribution in [2.24, 2.45) is 4.99 Å². The summed E-state index contributed by atoms with van der Waals surface area (Å²) < 4.78 is 11.1. The van der Waals surface area contributed by atoms with E-state index in [0.29, 0.717) is 13.1 Å². The van der Waals surface area contributed by atoms with Crippen molar-refractivity contribution in [2.75, 3.05) is 38.8 Å². The van der Waals surface area contributed by atoms with Crippen LogP contribution in [-0.2, 0) is 17.8 Å². The van der Waals surface area contributed by atoms with Crippen LogP contribution in [0.15, 0.2) is 41.5 Å². The van der Waals surface area contributed by atoms with Gasteiger partial charge in [0, 0.05) is 45.0 Å². The summed E-state index contributed by atoms with van der Waals surface area (Å²) in [5.41, 5.74) is 3.37. The number of aryl methyl sites for hydroxylation is 1. The number of rotatable bonds is 6. The van der Waals surface area contributed by atoms with Gasteiger partial charge in [0.15, 0.2) is 5.96 Å². The molecule has 1 atom stereocenters. The maximum absolute atomic E-state index is 5.60.